The number of rotatable bonds is 8. The highest BCUT2D eigenvalue weighted by Gasteiger charge is 2.35. The van der Waals surface area contributed by atoms with Gasteiger partial charge in [-0.05, 0) is 47.0 Å². The molecule has 1 atom stereocenters. The van der Waals surface area contributed by atoms with Crippen LogP contribution in [-0.4, -0.2) is 37.1 Å². The molecule has 0 saturated carbocycles. The Kier molecular flexibility index (Phi) is 6.45. The number of hydrogen-bond donors (Lipinski definition) is 2. The van der Waals surface area contributed by atoms with Crippen LogP contribution in [0.25, 0.3) is 0 Å². The van der Waals surface area contributed by atoms with Crippen molar-refractivity contribution in [2.24, 2.45) is 12.5 Å². The fourth-order valence-electron chi connectivity index (χ4n) is 4.69. The van der Waals surface area contributed by atoms with Crippen molar-refractivity contribution in [3.63, 3.8) is 0 Å². The first kappa shape index (κ1) is 26.4. The molecule has 4 aromatic rings. The lowest BCUT2D eigenvalue weighted by molar-refractivity contribution is 0.0771. The van der Waals surface area contributed by atoms with E-state index in [2.05, 4.69) is 21.1 Å². The average molecular weight is 554 g/mol. The lowest BCUT2D eigenvalue weighted by Gasteiger charge is -2.31. The third-order valence-corrected chi connectivity index (χ3v) is 7.19. The van der Waals surface area contributed by atoms with Crippen LogP contribution in [-0.2, 0) is 20.1 Å². The van der Waals surface area contributed by atoms with E-state index in [9.17, 15) is 19.2 Å². The van der Waals surface area contributed by atoms with Crippen LogP contribution in [0, 0.1) is 12.3 Å². The van der Waals surface area contributed by atoms with Gasteiger partial charge in [-0.15, -0.1) is 0 Å². The third kappa shape index (κ3) is 4.65. The minimum atomic E-state index is -0.686. The molecule has 12 nitrogen and oxygen atoms in total. The summed E-state index contributed by atoms with van der Waals surface area (Å²) < 4.78 is 8.10. The molecule has 1 unspecified atom stereocenters. The van der Waals surface area contributed by atoms with E-state index >= 15 is 0 Å². The lowest BCUT2D eigenvalue weighted by Crippen LogP contribution is -2.39. The zero-order valence-electron chi connectivity index (χ0n) is 22.2. The Hall–Kier alpha value is -4.19. The standard InChI is InChI=1S/C26H28ClN7O5/c1-13-6-9-17(39-13)23(26(2,3)4)29-20-19(21(35)22(20)36)28-16-8-7-15(27)14-12-33(24(37)18(14)16)10-11-34-25(38)32(5)30-31-34/h6-9,23,28-29H,10-12H2,1-5H3. The van der Waals surface area contributed by atoms with Gasteiger partial charge in [-0.3, -0.25) is 14.4 Å². The van der Waals surface area contributed by atoms with E-state index in [-0.39, 0.29) is 42.3 Å². The molecule has 0 fully saturated rings. The van der Waals surface area contributed by atoms with Crippen LogP contribution in [0.15, 0.2) is 43.1 Å². The van der Waals surface area contributed by atoms with Gasteiger partial charge in [0.2, 0.25) is 0 Å². The Labute approximate surface area is 227 Å². The molecule has 2 aromatic carbocycles. The molecule has 2 aromatic heterocycles. The van der Waals surface area contributed by atoms with Crippen molar-refractivity contribution in [2.75, 3.05) is 17.2 Å². The molecule has 0 spiro atoms. The summed E-state index contributed by atoms with van der Waals surface area (Å²) in [6.07, 6.45) is 0. The Balaban J connectivity index is 1.42. The van der Waals surface area contributed by atoms with Gasteiger partial charge in [0.05, 0.1) is 23.8 Å². The minimum absolute atomic E-state index is 0.0689. The van der Waals surface area contributed by atoms with Gasteiger partial charge in [0.1, 0.15) is 22.9 Å². The van der Waals surface area contributed by atoms with Crippen LogP contribution in [0.5, 0.6) is 0 Å². The fourth-order valence-corrected chi connectivity index (χ4v) is 4.90. The van der Waals surface area contributed by atoms with Crippen molar-refractivity contribution in [2.45, 2.75) is 46.8 Å². The van der Waals surface area contributed by atoms with Gasteiger partial charge in [-0.2, -0.15) is 9.36 Å². The normalized spacial score (nSPS) is 14.2. The molecular weight excluding hydrogens is 526 g/mol. The van der Waals surface area contributed by atoms with Crippen LogP contribution in [0.1, 0.15) is 54.3 Å². The third-order valence-electron chi connectivity index (χ3n) is 6.84. The molecule has 1 amide bonds. The second-order valence-electron chi connectivity index (χ2n) is 10.7. The summed E-state index contributed by atoms with van der Waals surface area (Å²) in [5, 5.41) is 14.1. The molecule has 2 N–H and O–H groups in total. The van der Waals surface area contributed by atoms with Gasteiger partial charge >= 0.3 is 5.69 Å². The predicted octanol–water partition coefficient (Wildman–Crippen LogP) is 2.73. The number of amides is 1. The van der Waals surface area contributed by atoms with Gasteiger partial charge in [-0.1, -0.05) is 32.4 Å². The van der Waals surface area contributed by atoms with Gasteiger partial charge in [-0.25, -0.2) is 4.79 Å². The Bertz CT molecular complexity index is 1720. The van der Waals surface area contributed by atoms with Crippen molar-refractivity contribution in [1.29, 1.82) is 0 Å². The summed E-state index contributed by atoms with van der Waals surface area (Å²) in [5.74, 6) is 1.05. The second kappa shape index (κ2) is 9.53. The number of hydrogen-bond acceptors (Lipinski definition) is 9. The number of anilines is 3. The first-order valence-corrected chi connectivity index (χ1v) is 12.7. The maximum absolute atomic E-state index is 13.4. The monoisotopic (exact) mass is 553 g/mol. The van der Waals surface area contributed by atoms with Crippen LogP contribution in [0.4, 0.5) is 17.1 Å². The highest BCUT2D eigenvalue weighted by Crippen LogP contribution is 2.39. The molecule has 13 heteroatoms. The predicted molar refractivity (Wildman–Crippen MR) is 145 cm³/mol. The molecule has 0 aliphatic carbocycles. The van der Waals surface area contributed by atoms with Crippen molar-refractivity contribution in [3.8, 4) is 0 Å². The van der Waals surface area contributed by atoms with Crippen molar-refractivity contribution in [1.82, 2.24) is 24.7 Å². The summed E-state index contributed by atoms with van der Waals surface area (Å²) >= 11 is 6.43. The average Bonchev–Trinajstić information content (AvgIpc) is 3.55. The molecule has 3 heterocycles. The SMILES string of the molecule is Cc1ccc(C(Nc2c(Nc3ccc(Cl)c4c3C(=O)N(CCn3nnn(C)c3=O)C4)c(=O)c2=O)C(C)(C)C)o1. The highest BCUT2D eigenvalue weighted by molar-refractivity contribution is 6.32. The summed E-state index contributed by atoms with van der Waals surface area (Å²) in [5.41, 5.74) is -0.636. The smallest absolute Gasteiger partial charge is 0.363 e. The van der Waals surface area contributed by atoms with E-state index in [1.54, 1.807) is 17.0 Å². The van der Waals surface area contributed by atoms with Gasteiger partial charge in [0.25, 0.3) is 16.8 Å². The Morgan fingerprint density at radius 3 is 2.36 bits per heavy atom. The number of fused-ring (bicyclic) bond motifs is 1. The van der Waals surface area contributed by atoms with Gasteiger partial charge in [0.15, 0.2) is 0 Å². The summed E-state index contributed by atoms with van der Waals surface area (Å²) in [6, 6.07) is 6.52. The Morgan fingerprint density at radius 2 is 1.74 bits per heavy atom. The molecule has 204 valence electrons. The number of tetrazole rings is 1. The van der Waals surface area contributed by atoms with Crippen LogP contribution in [0.3, 0.4) is 0 Å². The second-order valence-corrected chi connectivity index (χ2v) is 11.1. The van der Waals surface area contributed by atoms with E-state index in [4.69, 9.17) is 16.0 Å². The molecule has 1 aliphatic rings. The number of nitrogens with zero attached hydrogens (tertiary/aromatic N) is 5. The van der Waals surface area contributed by atoms with E-state index < -0.39 is 22.6 Å². The molecule has 5 rings (SSSR count). The lowest BCUT2D eigenvalue weighted by atomic mass is 9.85. The number of nitrogens with one attached hydrogen (secondary N) is 2. The van der Waals surface area contributed by atoms with Crippen LogP contribution >= 0.6 is 11.6 Å². The maximum Gasteiger partial charge on any atom is 0.363 e. The molecule has 39 heavy (non-hydrogen) atoms. The first-order valence-electron chi connectivity index (χ1n) is 12.4. The molecule has 0 saturated heterocycles. The number of halogens is 1. The summed E-state index contributed by atoms with van der Waals surface area (Å²) in [4.78, 5) is 52.3. The molecule has 0 bridgehead atoms. The van der Waals surface area contributed by atoms with E-state index in [0.717, 1.165) is 10.4 Å². The molecule has 1 aliphatic heterocycles. The minimum Gasteiger partial charge on any atom is -0.464 e. The first-order chi connectivity index (χ1) is 18.4. The van der Waals surface area contributed by atoms with Gasteiger partial charge in [0, 0.05) is 30.7 Å². The Morgan fingerprint density at radius 1 is 1.03 bits per heavy atom. The number of carbonyl (C=O) groups excluding carboxylic acids is 1. The number of benzene rings is 1. The summed E-state index contributed by atoms with van der Waals surface area (Å²) in [6.45, 7) is 8.39. The van der Waals surface area contributed by atoms with Gasteiger partial charge < -0.3 is 20.0 Å². The number of furan rings is 1. The van der Waals surface area contributed by atoms with Crippen molar-refractivity contribution in [3.05, 3.63) is 82.9 Å². The quantitative estimate of drug-likeness (QED) is 0.315. The van der Waals surface area contributed by atoms with Crippen LogP contribution < -0.4 is 27.2 Å². The van der Waals surface area contributed by atoms with E-state index in [1.165, 1.54) is 11.7 Å². The van der Waals surface area contributed by atoms with E-state index in [1.807, 2.05) is 39.8 Å². The zero-order valence-corrected chi connectivity index (χ0v) is 22.9. The van der Waals surface area contributed by atoms with Crippen molar-refractivity contribution < 1.29 is 9.21 Å². The van der Waals surface area contributed by atoms with E-state index in [0.29, 0.717) is 27.6 Å². The molecule has 0 radical (unpaired) electrons. The number of carbonyl (C=O) groups is 1. The largest absolute Gasteiger partial charge is 0.464 e. The number of aromatic nitrogens is 4. The number of aryl methyl sites for hydroxylation is 2. The zero-order chi connectivity index (χ0) is 28.2. The fraction of sp³-hybridized carbons (Fsp3) is 0.385. The molecular formula is C26H28ClN7O5. The summed E-state index contributed by atoms with van der Waals surface area (Å²) in [7, 11) is 1.49. The topological polar surface area (TPSA) is 144 Å². The maximum atomic E-state index is 13.4. The highest BCUT2D eigenvalue weighted by atomic mass is 35.5. The van der Waals surface area contributed by atoms with Crippen molar-refractivity contribution >= 4 is 34.6 Å². The van der Waals surface area contributed by atoms with Crippen LogP contribution in [0.2, 0.25) is 5.02 Å².